The van der Waals surface area contributed by atoms with Gasteiger partial charge in [-0.15, -0.1) is 0 Å². The molecule has 6 heteroatoms. The summed E-state index contributed by atoms with van der Waals surface area (Å²) in [6.07, 6.45) is 4.09. The number of carbonyl (C=O) groups excluding carboxylic acids is 2. The first kappa shape index (κ1) is 17.3. The van der Waals surface area contributed by atoms with E-state index in [9.17, 15) is 9.59 Å². The van der Waals surface area contributed by atoms with Crippen molar-refractivity contribution in [3.8, 4) is 0 Å². The van der Waals surface area contributed by atoms with Crippen molar-refractivity contribution < 1.29 is 14.3 Å². The molecule has 1 unspecified atom stereocenters. The monoisotopic (exact) mass is 372 g/mol. The maximum absolute atomic E-state index is 13.4. The fraction of sp³-hybridized carbons (Fsp3) is 0.450. The minimum Gasteiger partial charge on any atom is -0.469 e. The third kappa shape index (κ3) is 2.84. The molecule has 5 nitrogen and oxygen atoms in total. The molecule has 4 rings (SSSR count). The number of halogens is 1. The second-order valence-corrected chi connectivity index (χ2v) is 7.58. The summed E-state index contributed by atoms with van der Waals surface area (Å²) in [6.45, 7) is 1.91. The zero-order valence-corrected chi connectivity index (χ0v) is 15.7. The number of nitrogens with zero attached hydrogens (tertiary/aromatic N) is 2. The van der Waals surface area contributed by atoms with Crippen molar-refractivity contribution in [2.45, 2.75) is 44.9 Å². The van der Waals surface area contributed by atoms with Crippen molar-refractivity contribution in [2.24, 2.45) is 5.92 Å². The van der Waals surface area contributed by atoms with Crippen LogP contribution in [0.4, 0.5) is 0 Å². The first-order chi connectivity index (χ1) is 12.5. The maximum Gasteiger partial charge on any atom is 0.309 e. The second-order valence-electron chi connectivity index (χ2n) is 7.17. The number of hydrogen-bond acceptors (Lipinski definition) is 4. The van der Waals surface area contributed by atoms with Crippen LogP contribution in [0.15, 0.2) is 18.2 Å². The summed E-state index contributed by atoms with van der Waals surface area (Å²) in [5.41, 5.74) is 4.28. The topological polar surface area (TPSA) is 61.2 Å². The summed E-state index contributed by atoms with van der Waals surface area (Å²) in [7, 11) is 1.40. The normalized spacial score (nSPS) is 19.1. The van der Waals surface area contributed by atoms with Crippen LogP contribution in [0.2, 0.25) is 5.02 Å². The van der Waals surface area contributed by atoms with Crippen molar-refractivity contribution in [1.82, 2.24) is 9.78 Å². The minimum absolute atomic E-state index is 0.202. The Kier molecular flexibility index (Phi) is 4.35. The molecule has 1 fully saturated rings. The Balaban J connectivity index is 1.76. The molecule has 0 amide bonds. The summed E-state index contributed by atoms with van der Waals surface area (Å²) >= 11 is 6.40. The molecular formula is C20H21ClN2O3. The van der Waals surface area contributed by atoms with E-state index in [0.29, 0.717) is 22.9 Å². The SMILES string of the molecule is COC(=O)C1CCc2c(C)nn(C(=O)c3c(Cl)cccc3C3CC3)c2C1. The number of benzene rings is 1. The lowest BCUT2D eigenvalue weighted by Crippen LogP contribution is -2.27. The van der Waals surface area contributed by atoms with Crippen LogP contribution in [0.3, 0.4) is 0 Å². The van der Waals surface area contributed by atoms with Gasteiger partial charge in [0.1, 0.15) is 0 Å². The van der Waals surface area contributed by atoms with E-state index < -0.39 is 0 Å². The molecule has 1 aromatic carbocycles. The van der Waals surface area contributed by atoms with E-state index in [2.05, 4.69) is 5.10 Å². The number of fused-ring (bicyclic) bond motifs is 1. The molecule has 0 bridgehead atoms. The summed E-state index contributed by atoms with van der Waals surface area (Å²) < 4.78 is 6.36. The molecule has 1 aromatic heterocycles. The molecule has 2 aliphatic carbocycles. The standard InChI is InChI=1S/C20H21ClN2O3/c1-11-14-9-8-13(20(25)26-2)10-17(14)23(22-11)19(24)18-15(12-6-7-12)4-3-5-16(18)21/h3-5,12-13H,6-10H2,1-2H3. The smallest absolute Gasteiger partial charge is 0.309 e. The average Bonchev–Trinajstić information content (AvgIpc) is 3.44. The van der Waals surface area contributed by atoms with Gasteiger partial charge in [-0.3, -0.25) is 9.59 Å². The van der Waals surface area contributed by atoms with Gasteiger partial charge in [0, 0.05) is 6.42 Å². The van der Waals surface area contributed by atoms with E-state index in [0.717, 1.165) is 48.2 Å². The van der Waals surface area contributed by atoms with E-state index >= 15 is 0 Å². The third-order valence-electron chi connectivity index (χ3n) is 5.48. The molecule has 2 aliphatic rings. The highest BCUT2D eigenvalue weighted by atomic mass is 35.5. The third-order valence-corrected chi connectivity index (χ3v) is 5.79. The molecule has 0 N–H and O–H groups in total. The Morgan fingerprint density at radius 2 is 2.04 bits per heavy atom. The molecule has 0 spiro atoms. The summed E-state index contributed by atoms with van der Waals surface area (Å²) in [5.74, 6) is -0.260. The van der Waals surface area contributed by atoms with Gasteiger partial charge in [0.05, 0.1) is 35.0 Å². The van der Waals surface area contributed by atoms with E-state index in [1.165, 1.54) is 11.8 Å². The number of aryl methyl sites for hydroxylation is 1. The van der Waals surface area contributed by atoms with Crippen LogP contribution in [0, 0.1) is 12.8 Å². The van der Waals surface area contributed by atoms with Crippen molar-refractivity contribution in [1.29, 1.82) is 0 Å². The van der Waals surface area contributed by atoms with E-state index in [-0.39, 0.29) is 17.8 Å². The van der Waals surface area contributed by atoms with Gasteiger partial charge in [0.25, 0.3) is 5.91 Å². The molecule has 0 aliphatic heterocycles. The quantitative estimate of drug-likeness (QED) is 0.771. The minimum atomic E-state index is -0.232. The Labute approximate surface area is 157 Å². The van der Waals surface area contributed by atoms with Gasteiger partial charge in [0.15, 0.2) is 0 Å². The Morgan fingerprint density at radius 3 is 2.73 bits per heavy atom. The molecule has 1 atom stereocenters. The summed E-state index contributed by atoms with van der Waals surface area (Å²) in [5, 5.41) is 4.97. The van der Waals surface area contributed by atoms with E-state index in [1.54, 1.807) is 6.07 Å². The zero-order valence-electron chi connectivity index (χ0n) is 14.9. The van der Waals surface area contributed by atoms with Crippen LogP contribution < -0.4 is 0 Å². The highest BCUT2D eigenvalue weighted by Gasteiger charge is 2.34. The predicted molar refractivity (Wildman–Crippen MR) is 97.7 cm³/mol. The largest absolute Gasteiger partial charge is 0.469 e. The molecule has 0 radical (unpaired) electrons. The number of ether oxygens (including phenoxy) is 1. The van der Waals surface area contributed by atoms with Gasteiger partial charge < -0.3 is 4.74 Å². The molecule has 1 saturated carbocycles. The molecule has 136 valence electrons. The summed E-state index contributed by atoms with van der Waals surface area (Å²) in [4.78, 5) is 25.3. The van der Waals surface area contributed by atoms with Gasteiger partial charge >= 0.3 is 5.97 Å². The molecule has 26 heavy (non-hydrogen) atoms. The molecule has 0 saturated heterocycles. The Hall–Kier alpha value is -2.14. The lowest BCUT2D eigenvalue weighted by atomic mass is 9.86. The van der Waals surface area contributed by atoms with Gasteiger partial charge in [-0.25, -0.2) is 4.68 Å². The van der Waals surface area contributed by atoms with E-state index in [4.69, 9.17) is 16.3 Å². The number of methoxy groups -OCH3 is 1. The van der Waals surface area contributed by atoms with Crippen molar-refractivity contribution >= 4 is 23.5 Å². The second kappa shape index (κ2) is 6.54. The van der Waals surface area contributed by atoms with Gasteiger partial charge in [-0.05, 0) is 55.7 Å². The van der Waals surface area contributed by atoms with Crippen molar-refractivity contribution in [3.63, 3.8) is 0 Å². The Morgan fingerprint density at radius 1 is 1.27 bits per heavy atom. The van der Waals surface area contributed by atoms with Crippen LogP contribution in [0.1, 0.15) is 58.1 Å². The van der Waals surface area contributed by atoms with Crippen LogP contribution in [-0.4, -0.2) is 28.8 Å². The lowest BCUT2D eigenvalue weighted by Gasteiger charge is -2.21. The zero-order chi connectivity index (χ0) is 18.4. The van der Waals surface area contributed by atoms with Crippen molar-refractivity contribution in [2.75, 3.05) is 7.11 Å². The van der Waals surface area contributed by atoms with Crippen LogP contribution in [0.25, 0.3) is 0 Å². The molecule has 2 aromatic rings. The first-order valence-corrected chi connectivity index (χ1v) is 9.37. The van der Waals surface area contributed by atoms with Crippen LogP contribution in [0.5, 0.6) is 0 Å². The van der Waals surface area contributed by atoms with Crippen molar-refractivity contribution in [3.05, 3.63) is 51.3 Å². The number of hydrogen-bond donors (Lipinski definition) is 0. The first-order valence-electron chi connectivity index (χ1n) is 8.99. The van der Waals surface area contributed by atoms with Crippen LogP contribution in [-0.2, 0) is 22.4 Å². The number of esters is 1. The fourth-order valence-electron chi connectivity index (χ4n) is 3.94. The maximum atomic E-state index is 13.4. The molecular weight excluding hydrogens is 352 g/mol. The number of carbonyl (C=O) groups is 2. The number of aromatic nitrogens is 2. The Bertz CT molecular complexity index is 899. The highest BCUT2D eigenvalue weighted by molar-refractivity contribution is 6.34. The van der Waals surface area contributed by atoms with E-state index in [1.807, 2.05) is 19.1 Å². The highest BCUT2D eigenvalue weighted by Crippen LogP contribution is 2.43. The predicted octanol–water partition coefficient (Wildman–Crippen LogP) is 3.69. The molecule has 1 heterocycles. The lowest BCUT2D eigenvalue weighted by molar-refractivity contribution is -0.145. The van der Waals surface area contributed by atoms with Gasteiger partial charge in [-0.1, -0.05) is 23.7 Å². The average molecular weight is 373 g/mol. The number of rotatable bonds is 3. The fourth-order valence-corrected chi connectivity index (χ4v) is 4.20. The summed E-state index contributed by atoms with van der Waals surface area (Å²) in [6, 6.07) is 5.63. The van der Waals surface area contributed by atoms with Gasteiger partial charge in [-0.2, -0.15) is 5.10 Å². The van der Waals surface area contributed by atoms with Crippen LogP contribution >= 0.6 is 11.6 Å². The van der Waals surface area contributed by atoms with Gasteiger partial charge in [0.2, 0.25) is 0 Å².